The maximum absolute atomic E-state index is 11.3. The van der Waals surface area contributed by atoms with Crippen molar-refractivity contribution in [2.45, 2.75) is 6.92 Å². The topological polar surface area (TPSA) is 76.7 Å². The molecule has 1 unspecified atom stereocenters. The van der Waals surface area contributed by atoms with Crippen molar-refractivity contribution in [1.29, 1.82) is 10.5 Å². The molecular formula is C11H9N3O. The predicted octanol–water partition coefficient (Wildman–Crippen LogP) is 1.66. The van der Waals surface area contributed by atoms with Gasteiger partial charge in [-0.1, -0.05) is 6.07 Å². The molecule has 0 saturated carbocycles. The van der Waals surface area contributed by atoms with Crippen molar-refractivity contribution in [2.24, 2.45) is 5.92 Å². The second-order valence-electron chi connectivity index (χ2n) is 3.03. The van der Waals surface area contributed by atoms with Gasteiger partial charge in [-0.2, -0.15) is 10.5 Å². The van der Waals surface area contributed by atoms with Crippen LogP contribution in [-0.4, -0.2) is 5.91 Å². The summed E-state index contributed by atoms with van der Waals surface area (Å²) in [6.45, 7) is 1.52. The number of benzene rings is 1. The Morgan fingerprint density at radius 1 is 1.47 bits per heavy atom. The summed E-state index contributed by atoms with van der Waals surface area (Å²) in [6, 6.07) is 10.3. The van der Waals surface area contributed by atoms with Gasteiger partial charge < -0.3 is 5.32 Å². The second kappa shape index (κ2) is 4.78. The Balaban J connectivity index is 2.79. The maximum atomic E-state index is 11.3. The van der Waals surface area contributed by atoms with Crippen LogP contribution >= 0.6 is 0 Å². The van der Waals surface area contributed by atoms with E-state index in [1.807, 2.05) is 12.1 Å². The standard InChI is InChI=1S/C11H9N3O/c1-8(6-12)11(15)14-10-4-2-3-9(5-10)7-13/h2-5,8H,1H3,(H,14,15). The number of hydrogen-bond acceptors (Lipinski definition) is 3. The molecule has 1 aromatic rings. The van der Waals surface area contributed by atoms with Crippen LogP contribution in [-0.2, 0) is 4.79 Å². The first kappa shape index (κ1) is 10.7. The Morgan fingerprint density at radius 2 is 2.20 bits per heavy atom. The number of nitriles is 2. The van der Waals surface area contributed by atoms with Gasteiger partial charge in [-0.05, 0) is 25.1 Å². The largest absolute Gasteiger partial charge is 0.325 e. The maximum Gasteiger partial charge on any atom is 0.241 e. The van der Waals surface area contributed by atoms with Gasteiger partial charge in [0.25, 0.3) is 0 Å². The van der Waals surface area contributed by atoms with Gasteiger partial charge in [0, 0.05) is 5.69 Å². The summed E-state index contributed by atoms with van der Waals surface area (Å²) in [4.78, 5) is 11.3. The molecule has 4 heteroatoms. The highest BCUT2D eigenvalue weighted by molar-refractivity contribution is 5.93. The van der Waals surface area contributed by atoms with Gasteiger partial charge in [0.15, 0.2) is 0 Å². The summed E-state index contributed by atoms with van der Waals surface area (Å²) in [7, 11) is 0. The first-order valence-electron chi connectivity index (χ1n) is 4.38. The fourth-order valence-corrected chi connectivity index (χ4v) is 0.976. The van der Waals surface area contributed by atoms with Gasteiger partial charge in [-0.25, -0.2) is 0 Å². The third-order valence-corrected chi connectivity index (χ3v) is 1.85. The minimum atomic E-state index is -0.698. The molecule has 0 saturated heterocycles. The number of nitrogens with one attached hydrogen (secondary N) is 1. The van der Waals surface area contributed by atoms with E-state index in [-0.39, 0.29) is 5.91 Å². The van der Waals surface area contributed by atoms with Crippen LogP contribution in [0.5, 0.6) is 0 Å². The van der Waals surface area contributed by atoms with Gasteiger partial charge in [-0.3, -0.25) is 4.79 Å². The van der Waals surface area contributed by atoms with Crippen LogP contribution < -0.4 is 5.32 Å². The average Bonchev–Trinajstić information content (AvgIpc) is 2.28. The Morgan fingerprint density at radius 3 is 2.80 bits per heavy atom. The molecule has 15 heavy (non-hydrogen) atoms. The normalized spacial score (nSPS) is 10.9. The summed E-state index contributed by atoms with van der Waals surface area (Å²) in [6.07, 6.45) is 0. The van der Waals surface area contributed by atoms with E-state index in [9.17, 15) is 4.79 Å². The molecule has 0 heterocycles. The van der Waals surface area contributed by atoms with Gasteiger partial charge in [0.2, 0.25) is 5.91 Å². The first-order chi connectivity index (χ1) is 7.17. The van der Waals surface area contributed by atoms with E-state index >= 15 is 0 Å². The molecule has 1 N–H and O–H groups in total. The fraction of sp³-hybridized carbons (Fsp3) is 0.182. The predicted molar refractivity (Wildman–Crippen MR) is 54.6 cm³/mol. The fourth-order valence-electron chi connectivity index (χ4n) is 0.976. The van der Waals surface area contributed by atoms with Crippen molar-refractivity contribution in [3.05, 3.63) is 29.8 Å². The summed E-state index contributed by atoms with van der Waals surface area (Å²) in [5.41, 5.74) is 0.999. The third kappa shape index (κ3) is 2.82. The molecular weight excluding hydrogens is 190 g/mol. The van der Waals surface area contributed by atoms with Gasteiger partial charge in [0.05, 0.1) is 17.7 Å². The minimum absolute atomic E-state index is 0.368. The van der Waals surface area contributed by atoms with Gasteiger partial charge >= 0.3 is 0 Å². The smallest absolute Gasteiger partial charge is 0.241 e. The lowest BCUT2D eigenvalue weighted by Gasteiger charge is -2.05. The Hall–Kier alpha value is -2.33. The first-order valence-corrected chi connectivity index (χ1v) is 4.38. The molecule has 1 amide bonds. The molecule has 1 aromatic carbocycles. The molecule has 74 valence electrons. The summed E-state index contributed by atoms with van der Waals surface area (Å²) in [5, 5.41) is 19.7. The molecule has 0 bridgehead atoms. The zero-order valence-corrected chi connectivity index (χ0v) is 8.19. The highest BCUT2D eigenvalue weighted by Crippen LogP contribution is 2.10. The molecule has 0 radical (unpaired) electrons. The van der Waals surface area contributed by atoms with Crippen LogP contribution in [0.3, 0.4) is 0 Å². The number of carbonyl (C=O) groups is 1. The monoisotopic (exact) mass is 199 g/mol. The molecule has 4 nitrogen and oxygen atoms in total. The van der Waals surface area contributed by atoms with E-state index in [0.717, 1.165) is 0 Å². The van der Waals surface area contributed by atoms with Crippen LogP contribution in [0, 0.1) is 28.6 Å². The number of hydrogen-bond donors (Lipinski definition) is 1. The molecule has 0 aromatic heterocycles. The van der Waals surface area contributed by atoms with Crippen LogP contribution in [0.15, 0.2) is 24.3 Å². The molecule has 1 atom stereocenters. The van der Waals surface area contributed by atoms with Gasteiger partial charge in [-0.15, -0.1) is 0 Å². The number of amides is 1. The lowest BCUT2D eigenvalue weighted by Crippen LogP contribution is -2.18. The third-order valence-electron chi connectivity index (χ3n) is 1.85. The highest BCUT2D eigenvalue weighted by Gasteiger charge is 2.11. The van der Waals surface area contributed by atoms with Crippen LogP contribution in [0.25, 0.3) is 0 Å². The Bertz CT molecular complexity index is 454. The van der Waals surface area contributed by atoms with Crippen LogP contribution in [0.2, 0.25) is 0 Å². The molecule has 0 spiro atoms. The zero-order chi connectivity index (χ0) is 11.3. The quantitative estimate of drug-likeness (QED) is 0.786. The molecule has 0 aliphatic heterocycles. The van der Waals surface area contributed by atoms with Crippen LogP contribution in [0.4, 0.5) is 5.69 Å². The van der Waals surface area contributed by atoms with E-state index < -0.39 is 5.92 Å². The molecule has 0 aliphatic rings. The number of rotatable bonds is 2. The summed E-state index contributed by atoms with van der Waals surface area (Å²) in [5.74, 6) is -1.07. The van der Waals surface area contributed by atoms with Crippen molar-refractivity contribution in [2.75, 3.05) is 5.32 Å². The second-order valence-corrected chi connectivity index (χ2v) is 3.03. The number of anilines is 1. The van der Waals surface area contributed by atoms with Crippen molar-refractivity contribution in [3.63, 3.8) is 0 Å². The Labute approximate surface area is 87.8 Å². The van der Waals surface area contributed by atoms with E-state index in [1.165, 1.54) is 6.92 Å². The van der Waals surface area contributed by atoms with Gasteiger partial charge in [0.1, 0.15) is 5.92 Å². The van der Waals surface area contributed by atoms with E-state index in [2.05, 4.69) is 5.32 Å². The van der Waals surface area contributed by atoms with E-state index in [0.29, 0.717) is 11.3 Å². The highest BCUT2D eigenvalue weighted by atomic mass is 16.1. The number of carbonyl (C=O) groups excluding carboxylic acids is 1. The lowest BCUT2D eigenvalue weighted by molar-refractivity contribution is -0.117. The summed E-state index contributed by atoms with van der Waals surface area (Å²) >= 11 is 0. The van der Waals surface area contributed by atoms with Crippen molar-refractivity contribution >= 4 is 11.6 Å². The van der Waals surface area contributed by atoms with E-state index in [4.69, 9.17) is 10.5 Å². The molecule has 1 rings (SSSR count). The average molecular weight is 199 g/mol. The van der Waals surface area contributed by atoms with Crippen LogP contribution in [0.1, 0.15) is 12.5 Å². The zero-order valence-electron chi connectivity index (χ0n) is 8.19. The van der Waals surface area contributed by atoms with Crippen molar-refractivity contribution in [3.8, 4) is 12.1 Å². The minimum Gasteiger partial charge on any atom is -0.325 e. The Kier molecular flexibility index (Phi) is 3.43. The summed E-state index contributed by atoms with van der Waals surface area (Å²) < 4.78 is 0. The SMILES string of the molecule is CC(C#N)C(=O)Nc1cccc(C#N)c1. The molecule has 0 fully saturated rings. The number of nitrogens with zero attached hydrogens (tertiary/aromatic N) is 2. The lowest BCUT2D eigenvalue weighted by atomic mass is 10.1. The van der Waals surface area contributed by atoms with E-state index in [1.54, 1.807) is 24.3 Å². The molecule has 0 aliphatic carbocycles. The van der Waals surface area contributed by atoms with Crippen molar-refractivity contribution in [1.82, 2.24) is 0 Å². The van der Waals surface area contributed by atoms with Crippen molar-refractivity contribution < 1.29 is 4.79 Å².